The van der Waals surface area contributed by atoms with Crippen molar-refractivity contribution in [3.8, 4) is 11.5 Å². The Bertz CT molecular complexity index is 1150. The van der Waals surface area contributed by atoms with E-state index < -0.39 is 6.04 Å². The van der Waals surface area contributed by atoms with Gasteiger partial charge >= 0.3 is 0 Å². The lowest BCUT2D eigenvalue weighted by atomic mass is 9.89. The van der Waals surface area contributed by atoms with Crippen LogP contribution in [0.4, 0.5) is 5.69 Å². The summed E-state index contributed by atoms with van der Waals surface area (Å²) in [5.41, 5.74) is 2.81. The molecule has 8 heteroatoms. The van der Waals surface area contributed by atoms with Crippen LogP contribution in [0.3, 0.4) is 0 Å². The van der Waals surface area contributed by atoms with Gasteiger partial charge in [-0.1, -0.05) is 18.9 Å². The number of carbonyl (C=O) groups is 1. The van der Waals surface area contributed by atoms with Crippen LogP contribution >= 0.6 is 0 Å². The Morgan fingerprint density at radius 2 is 1.85 bits per heavy atom. The predicted octanol–water partition coefficient (Wildman–Crippen LogP) is 4.39. The van der Waals surface area contributed by atoms with E-state index in [9.17, 15) is 4.79 Å². The van der Waals surface area contributed by atoms with Gasteiger partial charge in [-0.25, -0.2) is 4.52 Å². The van der Waals surface area contributed by atoms with Gasteiger partial charge in [-0.05, 0) is 42.5 Å². The Balaban J connectivity index is 1.73. The van der Waals surface area contributed by atoms with Crippen LogP contribution in [-0.4, -0.2) is 42.4 Å². The molecule has 0 radical (unpaired) electrons. The Morgan fingerprint density at radius 1 is 1.15 bits per heavy atom. The highest BCUT2D eigenvalue weighted by Crippen LogP contribution is 2.34. The summed E-state index contributed by atoms with van der Waals surface area (Å²) in [4.78, 5) is 13.8. The number of pyridine rings is 1. The molecule has 1 aliphatic carbocycles. The van der Waals surface area contributed by atoms with Crippen molar-refractivity contribution in [3.63, 3.8) is 0 Å². The molecule has 3 aromatic rings. The number of rotatable bonds is 10. The quantitative estimate of drug-likeness (QED) is 0.387. The van der Waals surface area contributed by atoms with Gasteiger partial charge in [0.05, 0.1) is 25.4 Å². The molecule has 2 heterocycles. The van der Waals surface area contributed by atoms with E-state index in [1.165, 1.54) is 0 Å². The van der Waals surface area contributed by atoms with Crippen molar-refractivity contribution in [1.29, 1.82) is 5.41 Å². The number of methoxy groups -OCH3 is 2. The van der Waals surface area contributed by atoms with E-state index >= 15 is 0 Å². The second-order valence-electron chi connectivity index (χ2n) is 8.43. The van der Waals surface area contributed by atoms with Gasteiger partial charge in [0.1, 0.15) is 23.3 Å². The van der Waals surface area contributed by atoms with Crippen LogP contribution in [0.15, 0.2) is 60.4 Å². The molecule has 0 bridgehead atoms. The van der Waals surface area contributed by atoms with Crippen LogP contribution in [-0.2, 0) is 4.79 Å². The third-order valence-electron chi connectivity index (χ3n) is 6.24. The highest BCUT2D eigenvalue weighted by molar-refractivity contribution is 6.46. The maximum Gasteiger partial charge on any atom is 0.209 e. The number of nitrogens with one attached hydrogen (secondary N) is 3. The number of aromatic nitrogens is 2. The fraction of sp³-hybridized carbons (Fsp3) is 0.346. The van der Waals surface area contributed by atoms with E-state index in [1.807, 2.05) is 30.5 Å². The monoisotopic (exact) mass is 461 g/mol. The number of ether oxygens (including phenoxy) is 2. The van der Waals surface area contributed by atoms with Gasteiger partial charge in [0, 0.05) is 43.3 Å². The summed E-state index contributed by atoms with van der Waals surface area (Å²) in [5.74, 6) is 1.07. The molecule has 1 aliphatic rings. The van der Waals surface area contributed by atoms with E-state index in [-0.39, 0.29) is 17.4 Å². The maximum atomic E-state index is 13.8. The molecular formula is C26H31N5O3. The molecule has 34 heavy (non-hydrogen) atoms. The fourth-order valence-corrected chi connectivity index (χ4v) is 4.50. The van der Waals surface area contributed by atoms with Crippen molar-refractivity contribution in [2.75, 3.05) is 26.6 Å². The third-order valence-corrected chi connectivity index (χ3v) is 6.24. The van der Waals surface area contributed by atoms with Crippen molar-refractivity contribution in [2.24, 2.45) is 5.92 Å². The Morgan fingerprint density at radius 3 is 2.47 bits per heavy atom. The number of hydrogen-bond donors (Lipinski definition) is 3. The van der Waals surface area contributed by atoms with Crippen LogP contribution in [0.1, 0.15) is 37.4 Å². The van der Waals surface area contributed by atoms with Gasteiger partial charge in [0.2, 0.25) is 5.78 Å². The number of nitrogens with zero attached hydrogens (tertiary/aromatic N) is 2. The van der Waals surface area contributed by atoms with Crippen LogP contribution in [0.2, 0.25) is 0 Å². The Hall–Kier alpha value is -3.81. The van der Waals surface area contributed by atoms with Crippen molar-refractivity contribution in [3.05, 3.63) is 66.1 Å². The molecule has 3 N–H and O–H groups in total. The van der Waals surface area contributed by atoms with Gasteiger partial charge in [0.25, 0.3) is 0 Å². The maximum absolute atomic E-state index is 13.8. The molecule has 1 saturated carbocycles. The number of fused-ring (bicyclic) bond motifs is 1. The molecule has 1 atom stereocenters. The second kappa shape index (κ2) is 10.4. The van der Waals surface area contributed by atoms with Crippen molar-refractivity contribution >= 4 is 22.7 Å². The number of allylic oxidation sites excluding steroid dienone is 1. The van der Waals surface area contributed by atoms with Crippen LogP contribution in [0, 0.1) is 11.3 Å². The number of benzene rings is 1. The lowest BCUT2D eigenvalue weighted by Gasteiger charge is -2.21. The van der Waals surface area contributed by atoms with Crippen LogP contribution in [0.25, 0.3) is 5.52 Å². The topological polar surface area (TPSA) is 101 Å². The van der Waals surface area contributed by atoms with E-state index in [1.54, 1.807) is 50.2 Å². The van der Waals surface area contributed by atoms with Crippen LogP contribution in [0.5, 0.6) is 11.5 Å². The predicted molar refractivity (Wildman–Crippen MR) is 133 cm³/mol. The lowest BCUT2D eigenvalue weighted by Crippen LogP contribution is -2.31. The fourth-order valence-electron chi connectivity index (χ4n) is 4.50. The molecule has 0 amide bonds. The zero-order chi connectivity index (χ0) is 24.1. The minimum absolute atomic E-state index is 0.00525. The zero-order valence-electron chi connectivity index (χ0n) is 19.8. The van der Waals surface area contributed by atoms with Gasteiger partial charge in [-0.3, -0.25) is 10.2 Å². The van der Waals surface area contributed by atoms with Gasteiger partial charge in [-0.2, -0.15) is 5.10 Å². The first kappa shape index (κ1) is 23.4. The minimum atomic E-state index is -0.856. The Kier molecular flexibility index (Phi) is 7.15. The van der Waals surface area contributed by atoms with Crippen molar-refractivity contribution in [2.45, 2.75) is 31.7 Å². The smallest absolute Gasteiger partial charge is 0.209 e. The summed E-state index contributed by atoms with van der Waals surface area (Å²) in [6.07, 6.45) is 7.85. The normalized spacial score (nSPS) is 15.2. The molecule has 0 spiro atoms. The summed E-state index contributed by atoms with van der Waals surface area (Å²) in [6, 6.07) is 12.1. The largest absolute Gasteiger partial charge is 0.497 e. The first-order valence-corrected chi connectivity index (χ1v) is 11.5. The molecule has 1 fully saturated rings. The summed E-state index contributed by atoms with van der Waals surface area (Å²) in [6.45, 7) is 0. The second-order valence-corrected chi connectivity index (χ2v) is 8.43. The van der Waals surface area contributed by atoms with Crippen LogP contribution < -0.4 is 20.1 Å². The summed E-state index contributed by atoms with van der Waals surface area (Å²) in [7, 11) is 4.96. The molecule has 1 unspecified atom stereocenters. The SMILES string of the molecule is CN/C=C(\C(=N)C(=O)C(Nc1cc(OC)cc(OC)c1)c1cc2ccccn2n1)C1CCCC1. The number of hydrogen-bond acceptors (Lipinski definition) is 7. The van der Waals surface area contributed by atoms with E-state index in [0.717, 1.165) is 36.8 Å². The lowest BCUT2D eigenvalue weighted by molar-refractivity contribution is -0.113. The molecule has 8 nitrogen and oxygen atoms in total. The average Bonchev–Trinajstić information content (AvgIpc) is 3.55. The average molecular weight is 462 g/mol. The number of carbonyl (C=O) groups excluding carboxylic acids is 1. The number of Topliss-reactive ketones (excluding diaryl/α,β-unsaturated/α-hetero) is 1. The van der Waals surface area contributed by atoms with E-state index in [0.29, 0.717) is 22.9 Å². The van der Waals surface area contributed by atoms with Gasteiger partial charge < -0.3 is 20.1 Å². The van der Waals surface area contributed by atoms with E-state index in [2.05, 4.69) is 15.7 Å². The molecule has 4 rings (SSSR count). The van der Waals surface area contributed by atoms with Crippen molar-refractivity contribution in [1.82, 2.24) is 14.9 Å². The summed E-state index contributed by atoms with van der Waals surface area (Å²) >= 11 is 0. The standard InChI is InChI=1S/C26H31N5O3/c1-28-16-22(17-8-4-5-9-17)24(27)26(32)25(23-14-19-10-6-7-11-31(19)30-23)29-18-12-20(33-2)15-21(13-18)34-3/h6-7,10-17,25,27-29H,4-5,8-9H2,1-3H3/b22-16-,27-24?. The molecule has 2 aromatic heterocycles. The highest BCUT2D eigenvalue weighted by Gasteiger charge is 2.32. The summed E-state index contributed by atoms with van der Waals surface area (Å²) in [5, 5.41) is 19.8. The van der Waals surface area contributed by atoms with Crippen molar-refractivity contribution < 1.29 is 14.3 Å². The van der Waals surface area contributed by atoms with Gasteiger partial charge in [0.15, 0.2) is 0 Å². The zero-order valence-corrected chi connectivity index (χ0v) is 19.8. The molecule has 1 aromatic carbocycles. The molecule has 178 valence electrons. The highest BCUT2D eigenvalue weighted by atomic mass is 16.5. The van der Waals surface area contributed by atoms with Gasteiger partial charge in [-0.15, -0.1) is 0 Å². The Labute approximate surface area is 199 Å². The first-order valence-electron chi connectivity index (χ1n) is 11.5. The molecule has 0 aliphatic heterocycles. The minimum Gasteiger partial charge on any atom is -0.497 e. The first-order chi connectivity index (χ1) is 16.5. The number of anilines is 1. The molecular weight excluding hydrogens is 430 g/mol. The number of ketones is 1. The molecule has 0 saturated heterocycles. The third kappa shape index (κ3) is 4.90. The summed E-state index contributed by atoms with van der Waals surface area (Å²) < 4.78 is 12.5. The van der Waals surface area contributed by atoms with E-state index in [4.69, 9.17) is 14.9 Å².